The highest BCUT2D eigenvalue weighted by molar-refractivity contribution is 5.88. The second-order valence-electron chi connectivity index (χ2n) is 7.68. The van der Waals surface area contributed by atoms with Gasteiger partial charge in [-0.2, -0.15) is 0 Å². The average Bonchev–Trinajstić information content (AvgIpc) is 3.07. The van der Waals surface area contributed by atoms with Crippen molar-refractivity contribution in [3.8, 4) is 5.75 Å². The van der Waals surface area contributed by atoms with Crippen LogP contribution in [0.4, 0.5) is 0 Å². The average molecular weight is 406 g/mol. The first-order valence-corrected chi connectivity index (χ1v) is 10.4. The van der Waals surface area contributed by atoms with Crippen molar-refractivity contribution >= 4 is 22.8 Å². The first-order chi connectivity index (χ1) is 14.6. The Labute approximate surface area is 175 Å². The van der Waals surface area contributed by atoms with Crippen LogP contribution in [0, 0.1) is 0 Å². The number of carbonyl (C=O) groups excluding carboxylic acids is 1. The molecule has 156 valence electrons. The van der Waals surface area contributed by atoms with Crippen LogP contribution in [0.5, 0.6) is 5.75 Å². The lowest BCUT2D eigenvalue weighted by Gasteiger charge is -2.26. The van der Waals surface area contributed by atoms with E-state index >= 15 is 0 Å². The molecule has 1 aliphatic rings. The summed E-state index contributed by atoms with van der Waals surface area (Å²) in [6.07, 6.45) is 2.72. The minimum Gasteiger partial charge on any atom is -0.484 e. The molecule has 2 atom stereocenters. The molecule has 0 spiro atoms. The second-order valence-corrected chi connectivity index (χ2v) is 7.68. The molecule has 0 radical (unpaired) electrons. The van der Waals surface area contributed by atoms with Crippen LogP contribution in [-0.4, -0.2) is 34.2 Å². The van der Waals surface area contributed by atoms with Gasteiger partial charge in [0.2, 0.25) is 0 Å². The van der Waals surface area contributed by atoms with E-state index in [0.717, 1.165) is 35.0 Å². The van der Waals surface area contributed by atoms with Crippen LogP contribution < -0.4 is 10.1 Å². The number of fused-ring (bicyclic) bond motifs is 3. The smallest absolute Gasteiger partial charge is 0.326 e. The van der Waals surface area contributed by atoms with E-state index in [1.54, 1.807) is 0 Å². The van der Waals surface area contributed by atoms with E-state index in [2.05, 4.69) is 5.32 Å². The number of amides is 1. The van der Waals surface area contributed by atoms with Gasteiger partial charge in [0.05, 0.1) is 0 Å². The Balaban J connectivity index is 1.52. The van der Waals surface area contributed by atoms with Gasteiger partial charge in [-0.1, -0.05) is 43.3 Å². The van der Waals surface area contributed by atoms with Gasteiger partial charge in [-0.3, -0.25) is 4.79 Å². The molecule has 1 amide bonds. The van der Waals surface area contributed by atoms with Crippen LogP contribution in [0.3, 0.4) is 0 Å². The highest BCUT2D eigenvalue weighted by atomic mass is 16.5. The van der Waals surface area contributed by atoms with Crippen molar-refractivity contribution in [2.75, 3.05) is 6.61 Å². The van der Waals surface area contributed by atoms with E-state index in [1.165, 1.54) is 0 Å². The summed E-state index contributed by atoms with van der Waals surface area (Å²) in [5, 5.41) is 13.9. The number of rotatable bonds is 7. The number of para-hydroxylation sites is 2. The van der Waals surface area contributed by atoms with Gasteiger partial charge >= 0.3 is 5.97 Å². The molecule has 1 unspecified atom stereocenters. The zero-order valence-electron chi connectivity index (χ0n) is 17.0. The molecule has 1 aromatic heterocycles. The van der Waals surface area contributed by atoms with Crippen molar-refractivity contribution in [2.24, 2.45) is 0 Å². The van der Waals surface area contributed by atoms with Crippen molar-refractivity contribution in [1.29, 1.82) is 0 Å². The van der Waals surface area contributed by atoms with Crippen LogP contribution in [-0.2, 0) is 22.4 Å². The number of aromatic nitrogens is 1. The molecular formula is C24H26N2O4. The number of carbonyl (C=O) groups is 2. The Kier molecular flexibility index (Phi) is 5.74. The maximum absolute atomic E-state index is 12.4. The monoisotopic (exact) mass is 406 g/mol. The quantitative estimate of drug-likeness (QED) is 0.627. The molecular weight excluding hydrogens is 380 g/mol. The number of carboxylic acids is 1. The summed E-state index contributed by atoms with van der Waals surface area (Å²) in [5.74, 6) is -0.288. The van der Waals surface area contributed by atoms with E-state index in [9.17, 15) is 14.7 Å². The number of ether oxygens (including phenoxy) is 1. The standard InChI is InChI=1S/C24H26N2O4/c1-2-20(24(28)29)26-21-11-7-6-10-18(21)19-14-16(12-13-22(19)26)25-23(27)15-30-17-8-4-3-5-9-17/h3-11,16,20H,2,12-15H2,1H3,(H,25,27)(H,28,29)/t16-,20?/m0/s1. The first kappa shape index (κ1) is 20.0. The Bertz CT molecular complexity index is 1060. The van der Waals surface area contributed by atoms with Gasteiger partial charge in [-0.15, -0.1) is 0 Å². The van der Waals surface area contributed by atoms with E-state index in [-0.39, 0.29) is 18.6 Å². The predicted molar refractivity (Wildman–Crippen MR) is 115 cm³/mol. The third-order valence-electron chi connectivity index (χ3n) is 5.77. The summed E-state index contributed by atoms with van der Waals surface area (Å²) in [4.78, 5) is 24.3. The van der Waals surface area contributed by atoms with E-state index in [1.807, 2.05) is 66.1 Å². The van der Waals surface area contributed by atoms with Crippen LogP contribution in [0.15, 0.2) is 54.6 Å². The Hall–Kier alpha value is -3.28. The molecule has 1 heterocycles. The first-order valence-electron chi connectivity index (χ1n) is 10.4. The number of hydrogen-bond acceptors (Lipinski definition) is 3. The predicted octanol–water partition coefficient (Wildman–Crippen LogP) is 3.73. The molecule has 2 N–H and O–H groups in total. The molecule has 6 nitrogen and oxygen atoms in total. The molecule has 0 saturated heterocycles. The fourth-order valence-electron chi connectivity index (χ4n) is 4.43. The maximum atomic E-state index is 12.4. The molecule has 0 bridgehead atoms. The lowest BCUT2D eigenvalue weighted by atomic mass is 9.91. The van der Waals surface area contributed by atoms with Crippen molar-refractivity contribution < 1.29 is 19.4 Å². The topological polar surface area (TPSA) is 80.6 Å². The number of benzene rings is 2. The molecule has 1 aliphatic carbocycles. The summed E-state index contributed by atoms with van der Waals surface area (Å²) in [7, 11) is 0. The largest absolute Gasteiger partial charge is 0.484 e. The van der Waals surface area contributed by atoms with Gasteiger partial charge in [-0.25, -0.2) is 4.79 Å². The van der Waals surface area contributed by atoms with Gasteiger partial charge in [0.1, 0.15) is 11.8 Å². The zero-order chi connectivity index (χ0) is 21.1. The van der Waals surface area contributed by atoms with E-state index in [0.29, 0.717) is 18.6 Å². The summed E-state index contributed by atoms with van der Waals surface area (Å²) in [6, 6.07) is 16.7. The number of aliphatic carboxylic acids is 1. The van der Waals surface area contributed by atoms with Crippen LogP contribution >= 0.6 is 0 Å². The summed E-state index contributed by atoms with van der Waals surface area (Å²) in [6.45, 7) is 1.88. The maximum Gasteiger partial charge on any atom is 0.326 e. The number of hydrogen-bond donors (Lipinski definition) is 2. The molecule has 0 aliphatic heterocycles. The van der Waals surface area contributed by atoms with Crippen LogP contribution in [0.2, 0.25) is 0 Å². The van der Waals surface area contributed by atoms with Crippen molar-refractivity contribution in [3.05, 3.63) is 65.9 Å². The SMILES string of the molecule is CCC(C(=O)O)n1c2c(c3ccccc31)C[C@@H](NC(=O)COc1ccccc1)CC2. The Morgan fingerprint density at radius 3 is 2.63 bits per heavy atom. The molecule has 3 aromatic rings. The molecule has 4 rings (SSSR count). The lowest BCUT2D eigenvalue weighted by Crippen LogP contribution is -2.41. The third-order valence-corrected chi connectivity index (χ3v) is 5.77. The molecule has 2 aromatic carbocycles. The number of carboxylic acid groups (broad SMARTS) is 1. The Morgan fingerprint density at radius 2 is 1.90 bits per heavy atom. The van der Waals surface area contributed by atoms with E-state index < -0.39 is 12.0 Å². The van der Waals surface area contributed by atoms with Crippen molar-refractivity contribution in [3.63, 3.8) is 0 Å². The van der Waals surface area contributed by atoms with Crippen molar-refractivity contribution in [2.45, 2.75) is 44.7 Å². The summed E-state index contributed by atoms with van der Waals surface area (Å²) < 4.78 is 7.53. The summed E-state index contributed by atoms with van der Waals surface area (Å²) >= 11 is 0. The molecule has 0 saturated carbocycles. The lowest BCUT2D eigenvalue weighted by molar-refractivity contribution is -0.141. The molecule has 0 fully saturated rings. The highest BCUT2D eigenvalue weighted by Crippen LogP contribution is 2.35. The van der Waals surface area contributed by atoms with Gasteiger partial charge in [0, 0.05) is 22.6 Å². The van der Waals surface area contributed by atoms with Gasteiger partial charge in [0.15, 0.2) is 6.61 Å². The van der Waals surface area contributed by atoms with Crippen LogP contribution in [0.1, 0.15) is 37.1 Å². The third kappa shape index (κ3) is 3.90. The number of nitrogens with one attached hydrogen (secondary N) is 1. The van der Waals surface area contributed by atoms with Crippen LogP contribution in [0.25, 0.3) is 10.9 Å². The highest BCUT2D eigenvalue weighted by Gasteiger charge is 2.30. The van der Waals surface area contributed by atoms with Gasteiger partial charge < -0.3 is 19.7 Å². The minimum atomic E-state index is -0.811. The number of nitrogens with zero attached hydrogens (tertiary/aromatic N) is 1. The molecule has 6 heteroatoms. The fraction of sp³-hybridized carbons (Fsp3) is 0.333. The second kappa shape index (κ2) is 8.61. The van der Waals surface area contributed by atoms with E-state index in [4.69, 9.17) is 4.74 Å². The minimum absolute atomic E-state index is 0.00790. The van der Waals surface area contributed by atoms with Gasteiger partial charge in [-0.05, 0) is 49.4 Å². The normalized spacial score (nSPS) is 16.6. The van der Waals surface area contributed by atoms with Gasteiger partial charge in [0.25, 0.3) is 5.91 Å². The molecule has 30 heavy (non-hydrogen) atoms. The van der Waals surface area contributed by atoms with Crippen molar-refractivity contribution in [1.82, 2.24) is 9.88 Å². The summed E-state index contributed by atoms with van der Waals surface area (Å²) in [5.41, 5.74) is 3.18. The fourth-order valence-corrected chi connectivity index (χ4v) is 4.43. The zero-order valence-corrected chi connectivity index (χ0v) is 17.0. The Morgan fingerprint density at radius 1 is 1.17 bits per heavy atom.